The molecule has 2 atom stereocenters. The third-order valence-electron chi connectivity index (χ3n) is 5.36. The molecule has 6 nitrogen and oxygen atoms in total. The first-order valence-electron chi connectivity index (χ1n) is 12.5. The van der Waals surface area contributed by atoms with Gasteiger partial charge in [-0.05, 0) is 25.7 Å². The minimum atomic E-state index is -4.32. The quantitative estimate of drug-likeness (QED) is 0.112. The molecular weight excluding hydrogens is 426 g/mol. The van der Waals surface area contributed by atoms with E-state index in [-0.39, 0.29) is 12.3 Å². The van der Waals surface area contributed by atoms with Gasteiger partial charge < -0.3 is 10.4 Å². The highest BCUT2D eigenvalue weighted by Crippen LogP contribution is 2.11. The normalized spacial score (nSPS) is 14.2. The number of unbranched alkanes of at least 4 members (excludes halogenated alkanes) is 11. The van der Waals surface area contributed by atoms with E-state index in [4.69, 9.17) is 0 Å². The van der Waals surface area contributed by atoms with Crippen molar-refractivity contribution in [1.29, 1.82) is 0 Å². The molecule has 0 heterocycles. The van der Waals surface area contributed by atoms with E-state index in [2.05, 4.69) is 31.3 Å². The molecule has 0 spiro atoms. The van der Waals surface area contributed by atoms with Gasteiger partial charge >= 0.3 is 0 Å². The zero-order valence-corrected chi connectivity index (χ0v) is 21.1. The van der Waals surface area contributed by atoms with Crippen molar-refractivity contribution in [2.24, 2.45) is 0 Å². The van der Waals surface area contributed by atoms with Crippen LogP contribution in [0, 0.1) is 0 Å². The van der Waals surface area contributed by atoms with Gasteiger partial charge in [-0.3, -0.25) is 9.35 Å². The smallest absolute Gasteiger partial charge is 0.267 e. The number of rotatable bonds is 21. The number of hydrogen-bond acceptors (Lipinski definition) is 4. The highest BCUT2D eigenvalue weighted by atomic mass is 32.2. The first-order chi connectivity index (χ1) is 15.3. The summed E-state index contributed by atoms with van der Waals surface area (Å²) in [7, 11) is -4.32. The molecule has 0 saturated carbocycles. The van der Waals surface area contributed by atoms with E-state index in [0.29, 0.717) is 6.42 Å². The predicted octanol–water partition coefficient (Wildman–Crippen LogP) is 5.72. The van der Waals surface area contributed by atoms with E-state index in [0.717, 1.165) is 38.5 Å². The van der Waals surface area contributed by atoms with Crippen LogP contribution in [0.15, 0.2) is 24.3 Å². The van der Waals surface area contributed by atoms with E-state index < -0.39 is 28.0 Å². The Balaban J connectivity index is 4.24. The number of allylic oxidation sites excluding steroid dienone is 3. The van der Waals surface area contributed by atoms with Crippen LogP contribution in [0.5, 0.6) is 0 Å². The van der Waals surface area contributed by atoms with Gasteiger partial charge in [0.25, 0.3) is 10.1 Å². The number of carbonyl (C=O) groups is 1. The molecule has 3 N–H and O–H groups in total. The second-order valence-electron chi connectivity index (χ2n) is 8.61. The Morgan fingerprint density at radius 2 is 1.34 bits per heavy atom. The lowest BCUT2D eigenvalue weighted by atomic mass is 10.1. The van der Waals surface area contributed by atoms with Crippen LogP contribution in [0.4, 0.5) is 0 Å². The topological polar surface area (TPSA) is 104 Å². The highest BCUT2D eigenvalue weighted by molar-refractivity contribution is 7.85. The molecule has 0 rings (SSSR count). The monoisotopic (exact) mass is 473 g/mol. The third kappa shape index (κ3) is 20.7. The second-order valence-corrected chi connectivity index (χ2v) is 10.1. The first-order valence-corrected chi connectivity index (χ1v) is 14.1. The molecule has 0 aromatic heterocycles. The van der Waals surface area contributed by atoms with Gasteiger partial charge in [-0.1, -0.05) is 102 Å². The van der Waals surface area contributed by atoms with Crippen molar-refractivity contribution in [2.75, 3.05) is 5.75 Å². The molecule has 32 heavy (non-hydrogen) atoms. The van der Waals surface area contributed by atoms with E-state index in [9.17, 15) is 22.9 Å². The van der Waals surface area contributed by atoms with Gasteiger partial charge in [0.1, 0.15) is 0 Å². The van der Waals surface area contributed by atoms with Crippen LogP contribution in [0.2, 0.25) is 0 Å². The van der Waals surface area contributed by atoms with Gasteiger partial charge in [0.05, 0.1) is 17.9 Å². The fourth-order valence-corrected chi connectivity index (χ4v) is 4.20. The minimum Gasteiger partial charge on any atom is -0.387 e. The Kier molecular flexibility index (Phi) is 19.7. The third-order valence-corrected chi connectivity index (χ3v) is 6.14. The molecule has 7 heteroatoms. The van der Waals surface area contributed by atoms with Crippen molar-refractivity contribution in [3.8, 4) is 0 Å². The van der Waals surface area contributed by atoms with Crippen LogP contribution in [-0.4, -0.2) is 41.9 Å². The van der Waals surface area contributed by atoms with E-state index in [1.54, 1.807) is 6.08 Å². The summed E-state index contributed by atoms with van der Waals surface area (Å²) in [4.78, 5) is 12.2. The zero-order valence-electron chi connectivity index (χ0n) is 20.3. The lowest BCUT2D eigenvalue weighted by Gasteiger charge is -2.21. The first kappa shape index (κ1) is 30.8. The summed E-state index contributed by atoms with van der Waals surface area (Å²) in [6.07, 6.45) is 21.9. The van der Waals surface area contributed by atoms with Crippen molar-refractivity contribution in [2.45, 2.75) is 122 Å². The number of nitrogens with one attached hydrogen (secondary N) is 1. The molecule has 0 fully saturated rings. The number of aliphatic hydroxyl groups is 1. The summed E-state index contributed by atoms with van der Waals surface area (Å²) in [6.45, 7) is 4.33. The molecule has 188 valence electrons. The van der Waals surface area contributed by atoms with Crippen molar-refractivity contribution in [1.82, 2.24) is 5.32 Å². The maximum Gasteiger partial charge on any atom is 0.267 e. The highest BCUT2D eigenvalue weighted by Gasteiger charge is 2.24. The maximum atomic E-state index is 12.2. The second kappa shape index (κ2) is 20.4. The van der Waals surface area contributed by atoms with Gasteiger partial charge in [-0.15, -0.1) is 0 Å². The molecule has 0 aliphatic heterocycles. The Bertz CT molecular complexity index is 616. The Hall–Kier alpha value is -1.18. The predicted molar refractivity (Wildman–Crippen MR) is 133 cm³/mol. The van der Waals surface area contributed by atoms with Crippen molar-refractivity contribution in [3.63, 3.8) is 0 Å². The molecule has 0 bridgehead atoms. The van der Waals surface area contributed by atoms with Crippen LogP contribution < -0.4 is 5.32 Å². The fraction of sp³-hybridized carbons (Fsp3) is 0.800. The van der Waals surface area contributed by atoms with E-state index in [1.165, 1.54) is 51.0 Å². The summed E-state index contributed by atoms with van der Waals surface area (Å²) in [5, 5.41) is 12.9. The number of amides is 1. The summed E-state index contributed by atoms with van der Waals surface area (Å²) >= 11 is 0. The van der Waals surface area contributed by atoms with Crippen LogP contribution in [0.3, 0.4) is 0 Å². The van der Waals surface area contributed by atoms with Crippen molar-refractivity contribution >= 4 is 16.0 Å². The summed E-state index contributed by atoms with van der Waals surface area (Å²) in [5.74, 6) is -1.01. The average Bonchev–Trinajstić information content (AvgIpc) is 2.72. The molecule has 0 aliphatic carbocycles. The molecule has 2 unspecified atom stereocenters. The van der Waals surface area contributed by atoms with Crippen molar-refractivity contribution in [3.05, 3.63) is 24.3 Å². The van der Waals surface area contributed by atoms with Gasteiger partial charge in [-0.2, -0.15) is 8.42 Å². The number of aliphatic hydroxyl groups excluding tert-OH is 1. The average molecular weight is 474 g/mol. The van der Waals surface area contributed by atoms with Gasteiger partial charge in [0, 0.05) is 6.42 Å². The Morgan fingerprint density at radius 3 is 1.91 bits per heavy atom. The summed E-state index contributed by atoms with van der Waals surface area (Å²) in [6, 6.07) is -1.06. The number of carbonyl (C=O) groups excluding carboxylic acids is 1. The van der Waals surface area contributed by atoms with Crippen LogP contribution in [0.25, 0.3) is 0 Å². The summed E-state index contributed by atoms with van der Waals surface area (Å²) in [5.41, 5.74) is 0. The lowest BCUT2D eigenvalue weighted by molar-refractivity contribution is -0.122. The van der Waals surface area contributed by atoms with Crippen molar-refractivity contribution < 1.29 is 22.9 Å². The summed E-state index contributed by atoms with van der Waals surface area (Å²) < 4.78 is 31.8. The fourth-order valence-electron chi connectivity index (χ4n) is 3.47. The molecule has 1 amide bonds. The number of hydrogen-bond donors (Lipinski definition) is 3. The van der Waals surface area contributed by atoms with Gasteiger partial charge in [-0.25, -0.2) is 0 Å². The molecule has 0 aromatic carbocycles. The minimum absolute atomic E-state index is 0.289. The van der Waals surface area contributed by atoms with Crippen LogP contribution in [-0.2, 0) is 14.9 Å². The van der Waals surface area contributed by atoms with Crippen LogP contribution >= 0.6 is 0 Å². The Morgan fingerprint density at radius 1 is 0.812 bits per heavy atom. The van der Waals surface area contributed by atoms with Gasteiger partial charge in [0.15, 0.2) is 0 Å². The SMILES string of the molecule is CCC/C=C/CC/C=C/C(O)C(CS(=O)(=O)O)NC(=O)CCCCCCCCCCCC. The zero-order chi connectivity index (χ0) is 24.1. The lowest BCUT2D eigenvalue weighted by Crippen LogP contribution is -2.46. The largest absolute Gasteiger partial charge is 0.387 e. The molecular formula is C25H47NO5S. The van der Waals surface area contributed by atoms with E-state index in [1.807, 2.05) is 0 Å². The molecule has 0 aromatic rings. The Labute approximate surface area is 196 Å². The van der Waals surface area contributed by atoms with E-state index >= 15 is 0 Å². The maximum absolute atomic E-state index is 12.2. The molecule has 0 saturated heterocycles. The standard InChI is InChI=1S/C25H47NO5S/c1-3-5-7-9-11-12-13-15-17-19-21-25(28)26-23(22-32(29,30)31)24(27)20-18-16-14-10-8-6-4-2/h8,10,18,20,23-24,27H,3-7,9,11-17,19,21-22H2,1-2H3,(H,26,28)(H,29,30,31)/b10-8+,20-18+. The molecule has 0 radical (unpaired) electrons. The van der Waals surface area contributed by atoms with Gasteiger partial charge in [0.2, 0.25) is 5.91 Å². The van der Waals surface area contributed by atoms with Crippen LogP contribution in [0.1, 0.15) is 110 Å². The molecule has 0 aliphatic rings.